The van der Waals surface area contributed by atoms with Gasteiger partial charge in [-0.3, -0.25) is 25.7 Å². The zero-order chi connectivity index (χ0) is 18.5. The first-order valence-electron chi connectivity index (χ1n) is 9.10. The summed E-state index contributed by atoms with van der Waals surface area (Å²) in [5, 5.41) is 26.6. The van der Waals surface area contributed by atoms with Crippen molar-refractivity contribution in [2.75, 3.05) is 5.43 Å². The van der Waals surface area contributed by atoms with Crippen LogP contribution in [-0.2, 0) is 0 Å². The molecule has 4 bridgehead atoms. The quantitative estimate of drug-likeness (QED) is 0.473. The first-order chi connectivity index (χ1) is 12.4. The van der Waals surface area contributed by atoms with Crippen LogP contribution < -0.4 is 5.43 Å². The van der Waals surface area contributed by atoms with Crippen molar-refractivity contribution < 1.29 is 9.85 Å². The van der Waals surface area contributed by atoms with E-state index in [1.807, 2.05) is 6.92 Å². The molecule has 5 rings (SSSR count). The minimum atomic E-state index is -0.638. The Kier molecular flexibility index (Phi) is 3.93. The van der Waals surface area contributed by atoms with E-state index >= 15 is 0 Å². The number of hydrazone groups is 1. The third-order valence-electron chi connectivity index (χ3n) is 6.54. The number of rotatable bonds is 5. The van der Waals surface area contributed by atoms with Gasteiger partial charge in [-0.1, -0.05) is 0 Å². The molecule has 8 nitrogen and oxygen atoms in total. The van der Waals surface area contributed by atoms with E-state index in [2.05, 4.69) is 10.5 Å². The summed E-state index contributed by atoms with van der Waals surface area (Å²) in [6.07, 6.45) is 7.52. The van der Waals surface area contributed by atoms with Crippen LogP contribution in [-0.4, -0.2) is 15.6 Å². The molecule has 0 amide bonds. The summed E-state index contributed by atoms with van der Waals surface area (Å²) in [6, 6.07) is 3.58. The van der Waals surface area contributed by atoms with Crippen molar-refractivity contribution in [3.63, 3.8) is 0 Å². The molecule has 0 aromatic heterocycles. The molecular weight excluding hydrogens is 336 g/mol. The predicted octanol–water partition coefficient (Wildman–Crippen LogP) is 4.51. The van der Waals surface area contributed by atoms with Gasteiger partial charge in [0.2, 0.25) is 0 Å². The Hall–Kier alpha value is -2.51. The molecule has 8 heteroatoms. The van der Waals surface area contributed by atoms with E-state index in [0.717, 1.165) is 29.5 Å². The summed E-state index contributed by atoms with van der Waals surface area (Å²) >= 11 is 0. The van der Waals surface area contributed by atoms with Gasteiger partial charge in [-0.25, -0.2) is 0 Å². The van der Waals surface area contributed by atoms with Gasteiger partial charge in [-0.2, -0.15) is 5.10 Å². The van der Waals surface area contributed by atoms with Gasteiger partial charge in [-0.15, -0.1) is 0 Å². The van der Waals surface area contributed by atoms with Crippen molar-refractivity contribution in [1.29, 1.82) is 0 Å². The van der Waals surface area contributed by atoms with Gasteiger partial charge in [0.15, 0.2) is 0 Å². The monoisotopic (exact) mass is 358 g/mol. The van der Waals surface area contributed by atoms with Crippen molar-refractivity contribution in [2.24, 2.45) is 28.3 Å². The Bertz CT molecular complexity index is 769. The molecule has 0 atom stereocenters. The number of anilines is 1. The standard InChI is InChI=1S/C18H22N4O4/c1-11(18-8-12-4-13(9-18)6-14(5-12)10-18)19-20-16-3-2-15(21(23)24)7-17(16)22(25)26/h2-3,7,12-14,20H,4-6,8-10H2,1H3/b19-11-. The van der Waals surface area contributed by atoms with Crippen LogP contribution in [0.1, 0.15) is 45.4 Å². The van der Waals surface area contributed by atoms with E-state index in [9.17, 15) is 20.2 Å². The number of nitro benzene ring substituents is 2. The molecule has 0 spiro atoms. The third kappa shape index (κ3) is 2.83. The maximum atomic E-state index is 11.3. The summed E-state index contributed by atoms with van der Waals surface area (Å²) in [5.74, 6) is 2.38. The molecule has 1 aromatic carbocycles. The molecule has 4 fully saturated rings. The Morgan fingerprint density at radius 3 is 2.15 bits per heavy atom. The van der Waals surface area contributed by atoms with Gasteiger partial charge >= 0.3 is 5.69 Å². The maximum absolute atomic E-state index is 11.3. The number of nitrogens with one attached hydrogen (secondary N) is 1. The molecule has 26 heavy (non-hydrogen) atoms. The average Bonchev–Trinajstić information content (AvgIpc) is 2.58. The fourth-order valence-corrected chi connectivity index (χ4v) is 5.70. The molecule has 0 heterocycles. The summed E-state index contributed by atoms with van der Waals surface area (Å²) in [6.45, 7) is 2.01. The summed E-state index contributed by atoms with van der Waals surface area (Å²) < 4.78 is 0. The molecule has 0 unspecified atom stereocenters. The molecule has 4 saturated carbocycles. The van der Waals surface area contributed by atoms with Crippen LogP contribution in [0.15, 0.2) is 23.3 Å². The Labute approximate surface area is 151 Å². The number of nitro groups is 2. The Morgan fingerprint density at radius 2 is 1.65 bits per heavy atom. The predicted molar refractivity (Wildman–Crippen MR) is 97.1 cm³/mol. The fraction of sp³-hybridized carbons (Fsp3) is 0.611. The number of non-ortho nitro benzene ring substituents is 1. The summed E-state index contributed by atoms with van der Waals surface area (Å²) in [5.41, 5.74) is 3.49. The average molecular weight is 358 g/mol. The van der Waals surface area contributed by atoms with Crippen LogP contribution >= 0.6 is 0 Å². The molecule has 0 saturated heterocycles. The molecule has 1 aromatic rings. The first kappa shape index (κ1) is 16.9. The SMILES string of the molecule is C/C(=N/Nc1ccc([N+](=O)[O-])cc1[N+](=O)[O-])C12CC3CC(CC(C3)C1)C2. The maximum Gasteiger partial charge on any atom is 0.301 e. The zero-order valence-electron chi connectivity index (χ0n) is 14.7. The zero-order valence-corrected chi connectivity index (χ0v) is 14.7. The second-order valence-electron chi connectivity index (χ2n) is 8.22. The van der Waals surface area contributed by atoms with Gasteiger partial charge < -0.3 is 0 Å². The largest absolute Gasteiger partial charge is 0.301 e. The number of hydrogen-bond donors (Lipinski definition) is 1. The van der Waals surface area contributed by atoms with Gasteiger partial charge in [0, 0.05) is 17.2 Å². The van der Waals surface area contributed by atoms with Crippen LogP contribution in [0.25, 0.3) is 0 Å². The van der Waals surface area contributed by atoms with Crippen molar-refractivity contribution in [3.05, 3.63) is 38.4 Å². The van der Waals surface area contributed by atoms with Crippen molar-refractivity contribution in [1.82, 2.24) is 0 Å². The van der Waals surface area contributed by atoms with Crippen molar-refractivity contribution in [3.8, 4) is 0 Å². The van der Waals surface area contributed by atoms with E-state index in [-0.39, 0.29) is 22.5 Å². The van der Waals surface area contributed by atoms with Crippen LogP contribution in [0.5, 0.6) is 0 Å². The number of hydrogen-bond acceptors (Lipinski definition) is 6. The van der Waals surface area contributed by atoms with E-state index in [1.54, 1.807) is 0 Å². The van der Waals surface area contributed by atoms with Crippen LogP contribution in [0.2, 0.25) is 0 Å². The molecule has 0 aliphatic heterocycles. The Morgan fingerprint density at radius 1 is 1.08 bits per heavy atom. The summed E-state index contributed by atoms with van der Waals surface area (Å²) in [7, 11) is 0. The summed E-state index contributed by atoms with van der Waals surface area (Å²) in [4.78, 5) is 20.8. The molecular formula is C18H22N4O4. The number of nitrogens with zero attached hydrogens (tertiary/aromatic N) is 3. The van der Waals surface area contributed by atoms with Gasteiger partial charge in [-0.05, 0) is 69.3 Å². The molecule has 1 N–H and O–H groups in total. The van der Waals surface area contributed by atoms with E-state index in [0.29, 0.717) is 0 Å². The topological polar surface area (TPSA) is 111 Å². The van der Waals surface area contributed by atoms with E-state index in [1.165, 1.54) is 50.7 Å². The lowest BCUT2D eigenvalue weighted by Crippen LogP contribution is -2.49. The van der Waals surface area contributed by atoms with E-state index < -0.39 is 9.85 Å². The molecule has 4 aliphatic rings. The third-order valence-corrected chi connectivity index (χ3v) is 6.54. The lowest BCUT2D eigenvalue weighted by molar-refractivity contribution is -0.393. The smallest absolute Gasteiger partial charge is 0.272 e. The van der Waals surface area contributed by atoms with Gasteiger partial charge in [0.05, 0.1) is 15.9 Å². The minimum absolute atomic E-state index is 0.122. The van der Waals surface area contributed by atoms with E-state index in [4.69, 9.17) is 0 Å². The highest BCUT2D eigenvalue weighted by molar-refractivity contribution is 5.89. The fourth-order valence-electron chi connectivity index (χ4n) is 5.70. The van der Waals surface area contributed by atoms with Crippen LogP contribution in [0, 0.1) is 43.4 Å². The van der Waals surface area contributed by atoms with Crippen molar-refractivity contribution >= 4 is 22.8 Å². The second kappa shape index (κ2) is 6.03. The van der Waals surface area contributed by atoms with Gasteiger partial charge in [0.1, 0.15) is 5.69 Å². The highest BCUT2D eigenvalue weighted by Crippen LogP contribution is 2.60. The molecule has 4 aliphatic carbocycles. The lowest BCUT2D eigenvalue weighted by Gasteiger charge is -2.56. The second-order valence-corrected chi connectivity index (χ2v) is 8.22. The number of benzene rings is 1. The highest BCUT2D eigenvalue weighted by Gasteiger charge is 2.52. The van der Waals surface area contributed by atoms with Crippen LogP contribution in [0.4, 0.5) is 17.1 Å². The van der Waals surface area contributed by atoms with Crippen molar-refractivity contribution in [2.45, 2.75) is 45.4 Å². The molecule has 138 valence electrons. The minimum Gasteiger partial charge on any atom is -0.272 e. The normalized spacial score (nSPS) is 32.5. The molecule has 0 radical (unpaired) electrons. The first-order valence-corrected chi connectivity index (χ1v) is 9.10. The lowest BCUT2D eigenvalue weighted by atomic mass is 9.48. The highest BCUT2D eigenvalue weighted by atomic mass is 16.6. The van der Waals surface area contributed by atoms with Gasteiger partial charge in [0.25, 0.3) is 5.69 Å². The Balaban J connectivity index is 1.58. The van der Waals surface area contributed by atoms with Crippen LogP contribution in [0.3, 0.4) is 0 Å².